The number of nitrogens with one attached hydrogen (secondary N) is 1. The van der Waals surface area contributed by atoms with E-state index in [1.165, 1.54) is 17.3 Å². The molecule has 0 spiro atoms. The number of halogens is 1. The van der Waals surface area contributed by atoms with Crippen LogP contribution in [0.1, 0.15) is 25.0 Å². The summed E-state index contributed by atoms with van der Waals surface area (Å²) in [4.78, 5) is 14.8. The molecule has 0 atom stereocenters. The molecule has 1 amide bonds. The number of carbonyl (C=O) groups is 1. The van der Waals surface area contributed by atoms with Gasteiger partial charge in [-0.1, -0.05) is 55.4 Å². The van der Waals surface area contributed by atoms with Crippen molar-refractivity contribution < 1.29 is 4.79 Å². The highest BCUT2D eigenvalue weighted by Crippen LogP contribution is 2.24. The first kappa shape index (κ1) is 22.3. The number of aryl methyl sites for hydroxylation is 1. The highest BCUT2D eigenvalue weighted by atomic mass is 35.5. The van der Waals surface area contributed by atoms with Gasteiger partial charge < -0.3 is 5.32 Å². The number of amides is 1. The fraction of sp³-hybridized carbons (Fsp3) is 0.318. The van der Waals surface area contributed by atoms with Crippen molar-refractivity contribution in [1.82, 2.24) is 19.7 Å². The lowest BCUT2D eigenvalue weighted by Crippen LogP contribution is -2.22. The Bertz CT molecular complexity index is 1000. The molecule has 0 saturated carbocycles. The van der Waals surface area contributed by atoms with Gasteiger partial charge in [0.25, 0.3) is 0 Å². The summed E-state index contributed by atoms with van der Waals surface area (Å²) in [6, 6.07) is 13.8. The van der Waals surface area contributed by atoms with Crippen LogP contribution in [0.5, 0.6) is 0 Å². The molecule has 1 heterocycles. The van der Waals surface area contributed by atoms with Crippen LogP contribution in [0.2, 0.25) is 5.02 Å². The highest BCUT2D eigenvalue weighted by molar-refractivity contribution is 7.99. The molecule has 8 heteroatoms. The molecule has 0 unspecified atom stereocenters. The van der Waals surface area contributed by atoms with E-state index in [-0.39, 0.29) is 11.7 Å². The minimum absolute atomic E-state index is 0.0866. The van der Waals surface area contributed by atoms with Crippen LogP contribution in [0.3, 0.4) is 0 Å². The van der Waals surface area contributed by atoms with Crippen LogP contribution in [-0.4, -0.2) is 44.4 Å². The Morgan fingerprint density at radius 1 is 1.20 bits per heavy atom. The summed E-state index contributed by atoms with van der Waals surface area (Å²) in [6.07, 6.45) is 1.62. The fourth-order valence-corrected chi connectivity index (χ4v) is 3.92. The summed E-state index contributed by atoms with van der Waals surface area (Å²) < 4.78 is 1.83. The van der Waals surface area contributed by atoms with E-state index >= 15 is 0 Å². The maximum Gasteiger partial charge on any atom is 0.234 e. The van der Waals surface area contributed by atoms with Crippen LogP contribution in [-0.2, 0) is 11.3 Å². The number of aromatic nitrogens is 3. The Balaban J connectivity index is 1.61. The first-order valence-electron chi connectivity index (χ1n) is 9.90. The maximum absolute atomic E-state index is 12.5. The van der Waals surface area contributed by atoms with Crippen LogP contribution >= 0.6 is 23.4 Å². The third-order valence-corrected chi connectivity index (χ3v) is 6.14. The summed E-state index contributed by atoms with van der Waals surface area (Å²) in [6.45, 7) is 9.11. The van der Waals surface area contributed by atoms with Gasteiger partial charge in [-0.15, -0.1) is 10.2 Å². The number of anilines is 1. The van der Waals surface area contributed by atoms with Gasteiger partial charge in [0.05, 0.1) is 11.4 Å². The van der Waals surface area contributed by atoms with Crippen molar-refractivity contribution in [2.24, 2.45) is 0 Å². The zero-order valence-corrected chi connectivity index (χ0v) is 19.0. The van der Waals surface area contributed by atoms with Crippen molar-refractivity contribution in [3.63, 3.8) is 0 Å². The predicted molar refractivity (Wildman–Crippen MR) is 124 cm³/mol. The Morgan fingerprint density at radius 3 is 2.73 bits per heavy atom. The van der Waals surface area contributed by atoms with Gasteiger partial charge in [0, 0.05) is 17.3 Å². The van der Waals surface area contributed by atoms with Crippen molar-refractivity contribution >= 4 is 35.0 Å². The molecule has 3 aromatic rings. The fourth-order valence-electron chi connectivity index (χ4n) is 3.01. The normalized spacial score (nSPS) is 11.1. The van der Waals surface area contributed by atoms with Crippen LogP contribution in [0.25, 0.3) is 5.69 Å². The van der Waals surface area contributed by atoms with Gasteiger partial charge in [-0.3, -0.25) is 14.3 Å². The largest absolute Gasteiger partial charge is 0.325 e. The Morgan fingerprint density at radius 2 is 2.00 bits per heavy atom. The van der Waals surface area contributed by atoms with Crippen molar-refractivity contribution in [2.75, 3.05) is 24.2 Å². The second kappa shape index (κ2) is 10.6. The van der Waals surface area contributed by atoms with Gasteiger partial charge in [0.15, 0.2) is 5.16 Å². The summed E-state index contributed by atoms with van der Waals surface area (Å²) in [5.41, 5.74) is 3.85. The molecular weight excluding hydrogens is 418 g/mol. The van der Waals surface area contributed by atoms with Crippen molar-refractivity contribution in [3.8, 4) is 5.69 Å². The number of nitrogens with zero attached hydrogens (tertiary/aromatic N) is 4. The molecule has 6 nitrogen and oxygen atoms in total. The monoisotopic (exact) mass is 443 g/mol. The van der Waals surface area contributed by atoms with E-state index in [4.69, 9.17) is 11.6 Å². The first-order chi connectivity index (χ1) is 14.5. The van der Waals surface area contributed by atoms with Crippen molar-refractivity contribution in [2.45, 2.75) is 32.5 Å². The Hall–Kier alpha value is -2.35. The van der Waals surface area contributed by atoms with Gasteiger partial charge >= 0.3 is 0 Å². The standard InChI is InChI=1S/C22H26ClN5OS/c1-4-27(5-2)13-17-7-6-8-18(11-17)25-21(29)14-30-22-26-24-15-28(22)19-10-9-16(3)20(23)12-19/h6-12,15H,4-5,13-14H2,1-3H3,(H,25,29). The predicted octanol–water partition coefficient (Wildman–Crippen LogP) is 4.80. The lowest BCUT2D eigenvalue weighted by atomic mass is 10.2. The van der Waals surface area contributed by atoms with E-state index in [2.05, 4.69) is 40.3 Å². The molecule has 0 aliphatic rings. The number of carbonyl (C=O) groups excluding carboxylic acids is 1. The van der Waals surface area contributed by atoms with Crippen LogP contribution in [0.4, 0.5) is 5.69 Å². The Labute approximate surface area is 186 Å². The Kier molecular flexibility index (Phi) is 7.90. The first-order valence-corrected chi connectivity index (χ1v) is 11.3. The van der Waals surface area contributed by atoms with E-state index in [1.807, 2.05) is 47.9 Å². The number of benzene rings is 2. The third kappa shape index (κ3) is 5.84. The van der Waals surface area contributed by atoms with Crippen molar-refractivity contribution in [1.29, 1.82) is 0 Å². The number of rotatable bonds is 9. The summed E-state index contributed by atoms with van der Waals surface area (Å²) in [5, 5.41) is 12.4. The van der Waals surface area contributed by atoms with E-state index in [9.17, 15) is 4.79 Å². The minimum Gasteiger partial charge on any atom is -0.325 e. The van der Waals surface area contributed by atoms with Gasteiger partial charge in [-0.05, 0) is 55.4 Å². The summed E-state index contributed by atoms with van der Waals surface area (Å²) in [7, 11) is 0. The average Bonchev–Trinajstić information content (AvgIpc) is 3.21. The molecule has 0 radical (unpaired) electrons. The maximum atomic E-state index is 12.5. The molecule has 0 aliphatic heterocycles. The van der Waals surface area contributed by atoms with E-state index in [1.54, 1.807) is 6.33 Å². The second-order valence-corrected chi connectivity index (χ2v) is 8.27. The molecule has 0 bridgehead atoms. The van der Waals surface area contributed by atoms with E-state index in [0.29, 0.717) is 10.2 Å². The molecule has 0 aliphatic carbocycles. The van der Waals surface area contributed by atoms with Crippen LogP contribution in [0, 0.1) is 6.92 Å². The molecule has 0 saturated heterocycles. The lowest BCUT2D eigenvalue weighted by molar-refractivity contribution is -0.113. The zero-order valence-electron chi connectivity index (χ0n) is 17.4. The smallest absolute Gasteiger partial charge is 0.234 e. The molecule has 0 fully saturated rings. The van der Waals surface area contributed by atoms with Gasteiger partial charge in [0.1, 0.15) is 6.33 Å². The van der Waals surface area contributed by atoms with Gasteiger partial charge in [0.2, 0.25) is 5.91 Å². The van der Waals surface area contributed by atoms with E-state index in [0.717, 1.165) is 36.6 Å². The average molecular weight is 444 g/mol. The third-order valence-electron chi connectivity index (χ3n) is 4.79. The van der Waals surface area contributed by atoms with Gasteiger partial charge in [-0.25, -0.2) is 0 Å². The van der Waals surface area contributed by atoms with E-state index < -0.39 is 0 Å². The summed E-state index contributed by atoms with van der Waals surface area (Å²) >= 11 is 7.57. The quantitative estimate of drug-likeness (QED) is 0.481. The minimum atomic E-state index is -0.0866. The SMILES string of the molecule is CCN(CC)Cc1cccc(NC(=O)CSc2nncn2-c2ccc(C)c(Cl)c2)c1. The topological polar surface area (TPSA) is 63.1 Å². The molecule has 158 valence electrons. The molecule has 2 aromatic carbocycles. The van der Waals surface area contributed by atoms with Crippen LogP contribution < -0.4 is 5.32 Å². The second-order valence-electron chi connectivity index (χ2n) is 6.92. The molecule has 1 N–H and O–H groups in total. The molecule has 30 heavy (non-hydrogen) atoms. The lowest BCUT2D eigenvalue weighted by Gasteiger charge is -2.18. The van der Waals surface area contributed by atoms with Gasteiger partial charge in [-0.2, -0.15) is 0 Å². The molecule has 3 rings (SSSR count). The highest BCUT2D eigenvalue weighted by Gasteiger charge is 2.12. The van der Waals surface area contributed by atoms with Crippen molar-refractivity contribution in [3.05, 3.63) is 64.9 Å². The summed E-state index contributed by atoms with van der Waals surface area (Å²) in [5.74, 6) is 0.148. The van der Waals surface area contributed by atoms with Crippen LogP contribution in [0.15, 0.2) is 53.9 Å². The number of thioether (sulfide) groups is 1. The molecular formula is C22H26ClN5OS. The zero-order chi connectivity index (χ0) is 21.5. The number of hydrogen-bond acceptors (Lipinski definition) is 5. The molecule has 1 aromatic heterocycles. The number of hydrogen-bond donors (Lipinski definition) is 1.